The minimum absolute atomic E-state index is 0.357. The lowest BCUT2D eigenvalue weighted by Crippen LogP contribution is -2.06. The first-order valence-corrected chi connectivity index (χ1v) is 4.85. The van der Waals surface area contributed by atoms with Crippen molar-refractivity contribution in [2.45, 2.75) is 0 Å². The van der Waals surface area contributed by atoms with E-state index in [0.717, 1.165) is 10.9 Å². The standard InChI is InChI=1S/C11H10ClNO2/c1-13-9-5-3-4-8(12)7(9)6-10(13)11(14)15-2/h3-6H,1-2H3. The smallest absolute Gasteiger partial charge is 0.354 e. The van der Waals surface area contributed by atoms with Gasteiger partial charge in [-0.15, -0.1) is 0 Å². The Morgan fingerprint density at radius 3 is 2.80 bits per heavy atom. The summed E-state index contributed by atoms with van der Waals surface area (Å²) in [6.07, 6.45) is 0. The van der Waals surface area contributed by atoms with Crippen molar-refractivity contribution < 1.29 is 9.53 Å². The second-order valence-corrected chi connectivity index (χ2v) is 3.66. The Hall–Kier alpha value is -1.48. The second kappa shape index (κ2) is 3.59. The molecule has 0 fully saturated rings. The van der Waals surface area contributed by atoms with Crippen LogP contribution in [-0.4, -0.2) is 17.6 Å². The Balaban J connectivity index is 2.75. The molecule has 0 spiro atoms. The molecule has 0 aliphatic carbocycles. The molecule has 0 unspecified atom stereocenters. The quantitative estimate of drug-likeness (QED) is 0.696. The van der Waals surface area contributed by atoms with Gasteiger partial charge < -0.3 is 9.30 Å². The summed E-state index contributed by atoms with van der Waals surface area (Å²) in [5.74, 6) is -0.357. The Labute approximate surface area is 92.2 Å². The van der Waals surface area contributed by atoms with E-state index in [0.29, 0.717) is 10.7 Å². The number of carbonyl (C=O) groups excluding carboxylic acids is 1. The van der Waals surface area contributed by atoms with E-state index in [-0.39, 0.29) is 5.97 Å². The molecule has 4 heteroatoms. The maximum atomic E-state index is 11.4. The topological polar surface area (TPSA) is 31.2 Å². The molecule has 0 N–H and O–H groups in total. The fraction of sp³-hybridized carbons (Fsp3) is 0.182. The number of esters is 1. The minimum atomic E-state index is -0.357. The van der Waals surface area contributed by atoms with Crippen LogP contribution in [0.3, 0.4) is 0 Å². The van der Waals surface area contributed by atoms with Crippen molar-refractivity contribution in [1.29, 1.82) is 0 Å². The average Bonchev–Trinajstić information content (AvgIpc) is 2.57. The van der Waals surface area contributed by atoms with Gasteiger partial charge in [0.15, 0.2) is 0 Å². The first-order valence-electron chi connectivity index (χ1n) is 4.47. The molecular weight excluding hydrogens is 214 g/mol. The van der Waals surface area contributed by atoms with Crippen LogP contribution >= 0.6 is 11.6 Å². The van der Waals surface area contributed by atoms with E-state index < -0.39 is 0 Å². The molecule has 1 aromatic heterocycles. The number of benzene rings is 1. The zero-order valence-electron chi connectivity index (χ0n) is 8.45. The summed E-state index contributed by atoms with van der Waals surface area (Å²) in [7, 11) is 3.17. The number of carbonyl (C=O) groups is 1. The summed E-state index contributed by atoms with van der Waals surface area (Å²) in [6, 6.07) is 7.30. The van der Waals surface area contributed by atoms with Crippen molar-refractivity contribution in [2.24, 2.45) is 7.05 Å². The van der Waals surface area contributed by atoms with Crippen molar-refractivity contribution in [3.05, 3.63) is 35.0 Å². The number of aromatic nitrogens is 1. The van der Waals surface area contributed by atoms with E-state index in [1.807, 2.05) is 19.2 Å². The molecule has 2 aromatic rings. The normalized spacial score (nSPS) is 10.6. The van der Waals surface area contributed by atoms with Gasteiger partial charge in [0.1, 0.15) is 5.69 Å². The average molecular weight is 224 g/mol. The summed E-state index contributed by atoms with van der Waals surface area (Å²) >= 11 is 6.02. The molecule has 0 aliphatic rings. The van der Waals surface area contributed by atoms with Crippen molar-refractivity contribution in [3.8, 4) is 0 Å². The third kappa shape index (κ3) is 1.49. The van der Waals surface area contributed by atoms with Gasteiger partial charge in [0.25, 0.3) is 0 Å². The summed E-state index contributed by atoms with van der Waals surface area (Å²) in [4.78, 5) is 11.4. The molecule has 0 saturated heterocycles. The number of methoxy groups -OCH3 is 1. The number of halogens is 1. The molecule has 78 valence electrons. The third-order valence-corrected chi connectivity index (χ3v) is 2.76. The van der Waals surface area contributed by atoms with Crippen molar-refractivity contribution in [3.63, 3.8) is 0 Å². The van der Waals surface area contributed by atoms with Crippen molar-refractivity contribution in [1.82, 2.24) is 4.57 Å². The second-order valence-electron chi connectivity index (χ2n) is 3.25. The third-order valence-electron chi connectivity index (χ3n) is 2.43. The highest BCUT2D eigenvalue weighted by Crippen LogP contribution is 2.26. The molecule has 1 heterocycles. The fourth-order valence-electron chi connectivity index (χ4n) is 1.62. The Kier molecular flexibility index (Phi) is 2.40. The molecule has 0 amide bonds. The molecule has 2 rings (SSSR count). The van der Waals surface area contributed by atoms with Gasteiger partial charge >= 0.3 is 5.97 Å². The number of rotatable bonds is 1. The monoisotopic (exact) mass is 223 g/mol. The number of nitrogens with zero attached hydrogens (tertiary/aromatic N) is 1. The van der Waals surface area contributed by atoms with Crippen molar-refractivity contribution >= 4 is 28.5 Å². The van der Waals surface area contributed by atoms with Gasteiger partial charge in [0.2, 0.25) is 0 Å². The van der Waals surface area contributed by atoms with E-state index in [9.17, 15) is 4.79 Å². The lowest BCUT2D eigenvalue weighted by molar-refractivity contribution is 0.0590. The van der Waals surface area contributed by atoms with Crippen LogP contribution in [0.25, 0.3) is 10.9 Å². The molecule has 0 bridgehead atoms. The van der Waals surface area contributed by atoms with Crippen molar-refractivity contribution in [2.75, 3.05) is 7.11 Å². The van der Waals surface area contributed by atoms with E-state index in [1.54, 1.807) is 16.7 Å². The molecule has 0 radical (unpaired) electrons. The molecule has 1 aromatic carbocycles. The van der Waals surface area contributed by atoms with E-state index in [2.05, 4.69) is 4.74 Å². The Morgan fingerprint density at radius 2 is 2.20 bits per heavy atom. The van der Waals surface area contributed by atoms with Gasteiger partial charge in [-0.3, -0.25) is 0 Å². The van der Waals surface area contributed by atoms with Gasteiger partial charge in [-0.25, -0.2) is 4.79 Å². The number of hydrogen-bond donors (Lipinski definition) is 0. The first-order chi connectivity index (χ1) is 7.15. The number of hydrogen-bond acceptors (Lipinski definition) is 2. The SMILES string of the molecule is COC(=O)c1cc2c(Cl)cccc2n1C. The minimum Gasteiger partial charge on any atom is -0.464 e. The van der Waals surface area contributed by atoms with Gasteiger partial charge in [0.05, 0.1) is 7.11 Å². The largest absolute Gasteiger partial charge is 0.464 e. The van der Waals surface area contributed by atoms with E-state index in [1.165, 1.54) is 7.11 Å². The van der Waals surface area contributed by atoms with Crippen LogP contribution in [0.2, 0.25) is 5.02 Å². The zero-order chi connectivity index (χ0) is 11.0. The van der Waals surface area contributed by atoms with Crippen LogP contribution in [0.5, 0.6) is 0 Å². The van der Waals surface area contributed by atoms with Gasteiger partial charge in [-0.05, 0) is 18.2 Å². The number of aryl methyl sites for hydroxylation is 1. The molecule has 15 heavy (non-hydrogen) atoms. The lowest BCUT2D eigenvalue weighted by atomic mass is 10.2. The highest BCUT2D eigenvalue weighted by atomic mass is 35.5. The maximum absolute atomic E-state index is 11.4. The number of ether oxygens (including phenoxy) is 1. The summed E-state index contributed by atoms with van der Waals surface area (Å²) in [6.45, 7) is 0. The predicted octanol–water partition coefficient (Wildman–Crippen LogP) is 2.62. The Bertz CT molecular complexity index is 531. The molecule has 0 aliphatic heterocycles. The molecule has 3 nitrogen and oxygen atoms in total. The predicted molar refractivity (Wildman–Crippen MR) is 59.3 cm³/mol. The van der Waals surface area contributed by atoms with Gasteiger partial charge in [-0.1, -0.05) is 17.7 Å². The first kappa shape index (κ1) is 10.1. The maximum Gasteiger partial charge on any atom is 0.354 e. The summed E-state index contributed by atoms with van der Waals surface area (Å²) in [5, 5.41) is 1.50. The van der Waals surface area contributed by atoms with E-state index >= 15 is 0 Å². The lowest BCUT2D eigenvalue weighted by Gasteiger charge is -2.01. The highest BCUT2D eigenvalue weighted by molar-refractivity contribution is 6.35. The fourth-order valence-corrected chi connectivity index (χ4v) is 1.85. The van der Waals surface area contributed by atoms with Crippen LogP contribution in [0, 0.1) is 0 Å². The summed E-state index contributed by atoms with van der Waals surface area (Å²) < 4.78 is 6.45. The summed E-state index contributed by atoms with van der Waals surface area (Å²) in [5.41, 5.74) is 1.42. The molecule has 0 saturated carbocycles. The Morgan fingerprint density at radius 1 is 1.47 bits per heavy atom. The van der Waals surface area contributed by atoms with Crippen LogP contribution in [0.1, 0.15) is 10.5 Å². The van der Waals surface area contributed by atoms with Crippen LogP contribution in [-0.2, 0) is 11.8 Å². The van der Waals surface area contributed by atoms with Gasteiger partial charge in [0, 0.05) is 23.0 Å². The number of fused-ring (bicyclic) bond motifs is 1. The van der Waals surface area contributed by atoms with E-state index in [4.69, 9.17) is 11.6 Å². The van der Waals surface area contributed by atoms with Gasteiger partial charge in [-0.2, -0.15) is 0 Å². The van der Waals surface area contributed by atoms with Crippen LogP contribution in [0.15, 0.2) is 24.3 Å². The van der Waals surface area contributed by atoms with Crippen LogP contribution < -0.4 is 0 Å². The molecule has 0 atom stereocenters. The highest BCUT2D eigenvalue weighted by Gasteiger charge is 2.14. The zero-order valence-corrected chi connectivity index (χ0v) is 9.21. The molecular formula is C11H10ClNO2. The van der Waals surface area contributed by atoms with Crippen LogP contribution in [0.4, 0.5) is 0 Å².